The number of nitrogens with zero attached hydrogens (tertiary/aromatic N) is 1. The van der Waals surface area contributed by atoms with Crippen molar-refractivity contribution in [1.82, 2.24) is 10.2 Å². The molecule has 0 saturated carbocycles. The number of rotatable bonds is 2. The van der Waals surface area contributed by atoms with Crippen LogP contribution in [0.5, 0.6) is 0 Å². The second-order valence-electron chi connectivity index (χ2n) is 2.89. The molecule has 0 amide bonds. The first-order valence-electron chi connectivity index (χ1n) is 4.11. The lowest BCUT2D eigenvalue weighted by molar-refractivity contribution is 0.546. The van der Waals surface area contributed by atoms with E-state index in [1.54, 1.807) is 0 Å². The van der Waals surface area contributed by atoms with E-state index in [0.717, 1.165) is 22.9 Å². The molecule has 0 radical (unpaired) electrons. The van der Waals surface area contributed by atoms with Crippen molar-refractivity contribution in [1.29, 1.82) is 0 Å². The molecule has 0 fully saturated rings. The fraction of sp³-hybridized carbons (Fsp3) is 0.222. The molecule has 0 aromatic carbocycles. The smallest absolute Gasteiger partial charge is 0.154 e. The van der Waals surface area contributed by atoms with E-state index in [1.165, 1.54) is 0 Å². The van der Waals surface area contributed by atoms with E-state index in [-0.39, 0.29) is 0 Å². The Morgan fingerprint density at radius 1 is 1.54 bits per heavy atom. The van der Waals surface area contributed by atoms with Crippen molar-refractivity contribution in [2.45, 2.75) is 13.5 Å². The molecule has 0 unspecified atom stereocenters. The Bertz CT molecular complexity index is 402. The van der Waals surface area contributed by atoms with Crippen LogP contribution in [0.2, 0.25) is 0 Å². The summed E-state index contributed by atoms with van der Waals surface area (Å²) < 4.78 is 5.40. The highest BCUT2D eigenvalue weighted by atomic mass is 16.3. The lowest BCUT2D eigenvalue weighted by Gasteiger charge is -1.86. The first kappa shape index (κ1) is 8.07. The fourth-order valence-corrected chi connectivity index (χ4v) is 1.16. The van der Waals surface area contributed by atoms with Crippen LogP contribution in [-0.2, 0) is 6.54 Å². The van der Waals surface area contributed by atoms with Crippen LogP contribution < -0.4 is 5.73 Å². The molecule has 0 spiro atoms. The Labute approximate surface area is 75.7 Å². The predicted molar refractivity (Wildman–Crippen MR) is 48.9 cm³/mol. The summed E-state index contributed by atoms with van der Waals surface area (Å²) in [5.74, 6) is 1.65. The quantitative estimate of drug-likeness (QED) is 0.729. The molecule has 0 atom stereocenters. The summed E-state index contributed by atoms with van der Waals surface area (Å²) in [6, 6.07) is 5.69. The third-order valence-electron chi connectivity index (χ3n) is 1.84. The summed E-state index contributed by atoms with van der Waals surface area (Å²) in [5, 5.41) is 6.90. The number of nitrogens with one attached hydrogen (secondary N) is 1. The largest absolute Gasteiger partial charge is 0.460 e. The molecule has 2 aromatic heterocycles. The Morgan fingerprint density at radius 3 is 2.92 bits per heavy atom. The van der Waals surface area contributed by atoms with Gasteiger partial charge in [0.15, 0.2) is 5.76 Å². The van der Waals surface area contributed by atoms with Crippen LogP contribution in [0.25, 0.3) is 11.5 Å². The molecular weight excluding hydrogens is 166 g/mol. The molecule has 2 aromatic rings. The number of aryl methyl sites for hydroxylation is 1. The number of nitrogens with two attached hydrogens (primary N) is 1. The molecule has 0 aliphatic rings. The number of furan rings is 1. The summed E-state index contributed by atoms with van der Waals surface area (Å²) in [4.78, 5) is 0. The van der Waals surface area contributed by atoms with E-state index in [2.05, 4.69) is 10.2 Å². The fourth-order valence-electron chi connectivity index (χ4n) is 1.16. The Morgan fingerprint density at radius 2 is 2.38 bits per heavy atom. The van der Waals surface area contributed by atoms with Gasteiger partial charge in [0.25, 0.3) is 0 Å². The number of H-pyrrole nitrogens is 1. The highest BCUT2D eigenvalue weighted by Crippen LogP contribution is 2.19. The van der Waals surface area contributed by atoms with Crippen LogP contribution >= 0.6 is 0 Å². The molecule has 68 valence electrons. The van der Waals surface area contributed by atoms with E-state index in [0.29, 0.717) is 6.54 Å². The maximum Gasteiger partial charge on any atom is 0.154 e. The lowest BCUT2D eigenvalue weighted by Crippen LogP contribution is -1.95. The van der Waals surface area contributed by atoms with Crippen molar-refractivity contribution in [3.05, 3.63) is 29.7 Å². The van der Waals surface area contributed by atoms with Crippen LogP contribution in [0.15, 0.2) is 22.6 Å². The maximum absolute atomic E-state index is 5.44. The number of hydrogen-bond acceptors (Lipinski definition) is 3. The van der Waals surface area contributed by atoms with Crippen LogP contribution in [0.3, 0.4) is 0 Å². The monoisotopic (exact) mass is 177 g/mol. The molecule has 2 rings (SSSR count). The minimum atomic E-state index is 0.465. The highest BCUT2D eigenvalue weighted by molar-refractivity contribution is 5.52. The summed E-state index contributed by atoms with van der Waals surface area (Å²) in [6.45, 7) is 2.37. The third-order valence-corrected chi connectivity index (χ3v) is 1.84. The van der Waals surface area contributed by atoms with Gasteiger partial charge in [0.05, 0.1) is 0 Å². The van der Waals surface area contributed by atoms with Gasteiger partial charge in [-0.25, -0.2) is 0 Å². The second kappa shape index (κ2) is 3.06. The number of hydrogen-bond donors (Lipinski definition) is 2. The number of aromatic nitrogens is 2. The predicted octanol–water partition coefficient (Wildman–Crippen LogP) is 1.44. The van der Waals surface area contributed by atoms with Gasteiger partial charge in [-0.15, -0.1) is 0 Å². The van der Waals surface area contributed by atoms with Gasteiger partial charge in [-0.3, -0.25) is 5.10 Å². The molecule has 4 nitrogen and oxygen atoms in total. The SMILES string of the molecule is Cc1ccc(-c2cc(CN)[nH]n2)o1. The van der Waals surface area contributed by atoms with Crippen LogP contribution in [0, 0.1) is 6.92 Å². The molecule has 4 heteroatoms. The van der Waals surface area contributed by atoms with Gasteiger partial charge in [-0.2, -0.15) is 5.10 Å². The summed E-state index contributed by atoms with van der Waals surface area (Å²) >= 11 is 0. The lowest BCUT2D eigenvalue weighted by atomic mass is 10.3. The maximum atomic E-state index is 5.44. The van der Waals surface area contributed by atoms with Crippen molar-refractivity contribution in [2.75, 3.05) is 0 Å². The average molecular weight is 177 g/mol. The molecule has 0 bridgehead atoms. The van der Waals surface area contributed by atoms with Gasteiger partial charge < -0.3 is 10.2 Å². The zero-order valence-electron chi connectivity index (χ0n) is 7.37. The second-order valence-corrected chi connectivity index (χ2v) is 2.89. The van der Waals surface area contributed by atoms with Crippen molar-refractivity contribution in [3.63, 3.8) is 0 Å². The Kier molecular flexibility index (Phi) is 1.90. The van der Waals surface area contributed by atoms with Gasteiger partial charge in [0, 0.05) is 12.2 Å². The standard InChI is InChI=1S/C9H11N3O/c1-6-2-3-9(13-6)8-4-7(5-10)11-12-8/h2-4H,5,10H2,1H3,(H,11,12). The topological polar surface area (TPSA) is 67.8 Å². The third kappa shape index (κ3) is 1.48. The zero-order chi connectivity index (χ0) is 9.26. The Hall–Kier alpha value is -1.55. The molecule has 3 N–H and O–H groups in total. The first-order chi connectivity index (χ1) is 6.29. The van der Waals surface area contributed by atoms with Crippen LogP contribution in [0.1, 0.15) is 11.5 Å². The van der Waals surface area contributed by atoms with Gasteiger partial charge in [-0.05, 0) is 25.1 Å². The normalized spacial score (nSPS) is 10.6. The van der Waals surface area contributed by atoms with Gasteiger partial charge in [0.2, 0.25) is 0 Å². The first-order valence-corrected chi connectivity index (χ1v) is 4.11. The minimum absolute atomic E-state index is 0.465. The molecule has 0 aliphatic carbocycles. The van der Waals surface area contributed by atoms with Crippen molar-refractivity contribution in [3.8, 4) is 11.5 Å². The van der Waals surface area contributed by atoms with Crippen LogP contribution in [0.4, 0.5) is 0 Å². The van der Waals surface area contributed by atoms with E-state index in [4.69, 9.17) is 10.2 Å². The van der Waals surface area contributed by atoms with E-state index >= 15 is 0 Å². The summed E-state index contributed by atoms with van der Waals surface area (Å²) in [7, 11) is 0. The minimum Gasteiger partial charge on any atom is -0.460 e. The summed E-state index contributed by atoms with van der Waals surface area (Å²) in [5.41, 5.74) is 7.15. The average Bonchev–Trinajstić information content (AvgIpc) is 2.71. The molecule has 13 heavy (non-hydrogen) atoms. The van der Waals surface area contributed by atoms with Crippen molar-refractivity contribution in [2.24, 2.45) is 5.73 Å². The van der Waals surface area contributed by atoms with Gasteiger partial charge >= 0.3 is 0 Å². The molecule has 0 aliphatic heterocycles. The summed E-state index contributed by atoms with van der Waals surface area (Å²) in [6.07, 6.45) is 0. The van der Waals surface area contributed by atoms with Gasteiger partial charge in [0.1, 0.15) is 11.5 Å². The molecule has 2 heterocycles. The van der Waals surface area contributed by atoms with E-state index in [1.807, 2.05) is 25.1 Å². The molecular formula is C9H11N3O. The highest BCUT2D eigenvalue weighted by Gasteiger charge is 2.05. The van der Waals surface area contributed by atoms with Crippen molar-refractivity contribution >= 4 is 0 Å². The van der Waals surface area contributed by atoms with E-state index in [9.17, 15) is 0 Å². The van der Waals surface area contributed by atoms with Gasteiger partial charge in [-0.1, -0.05) is 0 Å². The van der Waals surface area contributed by atoms with Crippen LogP contribution in [-0.4, -0.2) is 10.2 Å². The molecule has 0 saturated heterocycles. The van der Waals surface area contributed by atoms with E-state index < -0.39 is 0 Å². The van der Waals surface area contributed by atoms with Crippen molar-refractivity contribution < 1.29 is 4.42 Å². The zero-order valence-corrected chi connectivity index (χ0v) is 7.37. The number of aromatic amines is 1. The Balaban J connectivity index is 2.35.